The lowest BCUT2D eigenvalue weighted by Gasteiger charge is -2.12. The van der Waals surface area contributed by atoms with Gasteiger partial charge in [-0.1, -0.05) is 12.1 Å². The summed E-state index contributed by atoms with van der Waals surface area (Å²) in [5.74, 6) is -0.626. The van der Waals surface area contributed by atoms with E-state index in [1.54, 1.807) is 26.0 Å². The first-order valence-corrected chi connectivity index (χ1v) is 5.14. The highest BCUT2D eigenvalue weighted by Crippen LogP contribution is 2.19. The number of esters is 1. The lowest BCUT2D eigenvalue weighted by Crippen LogP contribution is -2.19. The van der Waals surface area contributed by atoms with Crippen molar-refractivity contribution < 1.29 is 19.7 Å². The highest BCUT2D eigenvalue weighted by atomic mass is 16.5. The zero-order chi connectivity index (χ0) is 12.1. The van der Waals surface area contributed by atoms with Crippen molar-refractivity contribution in [2.45, 2.75) is 25.9 Å². The number of hydrogen-bond donors (Lipinski definition) is 2. The fourth-order valence-electron chi connectivity index (χ4n) is 1.23. The summed E-state index contributed by atoms with van der Waals surface area (Å²) in [6.45, 7) is 3.27. The molecule has 2 N–H and O–H groups in total. The van der Waals surface area contributed by atoms with Gasteiger partial charge in [0.25, 0.3) is 0 Å². The van der Waals surface area contributed by atoms with E-state index in [0.717, 1.165) is 5.56 Å². The van der Waals surface area contributed by atoms with Crippen molar-refractivity contribution in [3.63, 3.8) is 0 Å². The molecule has 0 bridgehead atoms. The van der Waals surface area contributed by atoms with Crippen molar-refractivity contribution in [3.8, 4) is 5.75 Å². The molecule has 4 heteroatoms. The van der Waals surface area contributed by atoms with Crippen LogP contribution in [-0.2, 0) is 9.53 Å². The largest absolute Gasteiger partial charge is 0.508 e. The van der Waals surface area contributed by atoms with E-state index in [9.17, 15) is 4.79 Å². The lowest BCUT2D eigenvalue weighted by molar-refractivity contribution is -0.147. The average molecular weight is 224 g/mol. The van der Waals surface area contributed by atoms with Crippen LogP contribution in [0.5, 0.6) is 5.75 Å². The van der Waals surface area contributed by atoms with Crippen molar-refractivity contribution in [2.24, 2.45) is 0 Å². The molecule has 0 heterocycles. The Bertz CT molecular complexity index is 343. The van der Waals surface area contributed by atoms with Gasteiger partial charge in [0, 0.05) is 0 Å². The van der Waals surface area contributed by atoms with Crippen LogP contribution in [0.3, 0.4) is 0 Å². The monoisotopic (exact) mass is 224 g/mol. The maximum atomic E-state index is 11.5. The van der Waals surface area contributed by atoms with Gasteiger partial charge in [0.2, 0.25) is 0 Å². The quantitative estimate of drug-likeness (QED) is 0.759. The Morgan fingerprint density at radius 2 is 1.88 bits per heavy atom. The van der Waals surface area contributed by atoms with E-state index in [2.05, 4.69) is 0 Å². The Kier molecular flexibility index (Phi) is 4.31. The van der Waals surface area contributed by atoms with E-state index in [0.29, 0.717) is 0 Å². The molecule has 0 aliphatic carbocycles. The van der Waals surface area contributed by atoms with Crippen LogP contribution in [-0.4, -0.2) is 28.9 Å². The normalized spacial score (nSPS) is 14.2. The molecule has 2 atom stereocenters. The number of phenols is 1. The van der Waals surface area contributed by atoms with Gasteiger partial charge in [0.05, 0.1) is 12.0 Å². The first-order valence-electron chi connectivity index (χ1n) is 5.14. The Morgan fingerprint density at radius 1 is 1.31 bits per heavy atom. The molecule has 88 valence electrons. The van der Waals surface area contributed by atoms with Crippen molar-refractivity contribution in [1.82, 2.24) is 0 Å². The van der Waals surface area contributed by atoms with Gasteiger partial charge in [-0.15, -0.1) is 0 Å². The highest BCUT2D eigenvalue weighted by Gasteiger charge is 2.17. The van der Waals surface area contributed by atoms with Crippen LogP contribution < -0.4 is 0 Å². The molecule has 0 fully saturated rings. The van der Waals surface area contributed by atoms with Gasteiger partial charge in [-0.3, -0.25) is 4.79 Å². The topological polar surface area (TPSA) is 66.8 Å². The molecule has 1 aromatic carbocycles. The summed E-state index contributed by atoms with van der Waals surface area (Å²) in [4.78, 5) is 11.5. The second-order valence-corrected chi connectivity index (χ2v) is 3.79. The predicted octanol–water partition coefficient (Wildman–Crippen LogP) is 1.42. The van der Waals surface area contributed by atoms with Crippen LogP contribution in [0.2, 0.25) is 0 Å². The van der Waals surface area contributed by atoms with Gasteiger partial charge >= 0.3 is 5.97 Å². The van der Waals surface area contributed by atoms with Crippen LogP contribution in [0.25, 0.3) is 0 Å². The molecule has 0 aliphatic rings. The number of phenolic OH excluding ortho intramolecular Hbond substituents is 1. The zero-order valence-electron chi connectivity index (χ0n) is 9.38. The van der Waals surface area contributed by atoms with Gasteiger partial charge in [-0.25, -0.2) is 0 Å². The lowest BCUT2D eigenvalue weighted by atomic mass is 10.0. The number of benzene rings is 1. The molecule has 0 saturated heterocycles. The maximum absolute atomic E-state index is 11.5. The predicted molar refractivity (Wildman–Crippen MR) is 59.2 cm³/mol. The molecule has 2 unspecified atom stereocenters. The molecule has 16 heavy (non-hydrogen) atoms. The minimum atomic E-state index is -0.657. The maximum Gasteiger partial charge on any atom is 0.313 e. The SMILES string of the molecule is CC(O)COC(=O)C(C)c1ccc(O)cc1. The minimum Gasteiger partial charge on any atom is -0.508 e. The molecule has 4 nitrogen and oxygen atoms in total. The average Bonchev–Trinajstić information content (AvgIpc) is 2.26. The summed E-state index contributed by atoms with van der Waals surface area (Å²) < 4.78 is 4.90. The standard InChI is InChI=1S/C12H16O4/c1-8(13)7-16-12(15)9(2)10-3-5-11(14)6-4-10/h3-6,8-9,13-14H,7H2,1-2H3. The van der Waals surface area contributed by atoms with Gasteiger partial charge in [-0.2, -0.15) is 0 Å². The van der Waals surface area contributed by atoms with Crippen molar-refractivity contribution >= 4 is 5.97 Å². The molecule has 0 radical (unpaired) electrons. The number of carbonyl (C=O) groups excluding carboxylic acids is 1. The molecule has 0 saturated carbocycles. The summed E-state index contributed by atoms with van der Waals surface area (Å²) >= 11 is 0. The van der Waals surface area contributed by atoms with Crippen molar-refractivity contribution in [3.05, 3.63) is 29.8 Å². The van der Waals surface area contributed by atoms with Crippen molar-refractivity contribution in [1.29, 1.82) is 0 Å². The van der Waals surface area contributed by atoms with Crippen LogP contribution in [0.4, 0.5) is 0 Å². The van der Waals surface area contributed by atoms with E-state index in [1.807, 2.05) is 0 Å². The van der Waals surface area contributed by atoms with Gasteiger partial charge in [0.1, 0.15) is 12.4 Å². The third kappa shape index (κ3) is 3.55. The number of carbonyl (C=O) groups is 1. The fourth-order valence-corrected chi connectivity index (χ4v) is 1.23. The van der Waals surface area contributed by atoms with Gasteiger partial charge in [-0.05, 0) is 31.5 Å². The minimum absolute atomic E-state index is 0.00125. The summed E-state index contributed by atoms with van der Waals surface area (Å²) in [7, 11) is 0. The number of aliphatic hydroxyl groups is 1. The Morgan fingerprint density at radius 3 is 2.38 bits per heavy atom. The van der Waals surface area contributed by atoms with Crippen molar-refractivity contribution in [2.75, 3.05) is 6.61 Å². The third-order valence-corrected chi connectivity index (χ3v) is 2.21. The molecular weight excluding hydrogens is 208 g/mol. The van der Waals surface area contributed by atoms with Gasteiger partial charge < -0.3 is 14.9 Å². The van der Waals surface area contributed by atoms with E-state index >= 15 is 0 Å². The number of aliphatic hydroxyl groups excluding tert-OH is 1. The number of aromatic hydroxyl groups is 1. The number of hydrogen-bond acceptors (Lipinski definition) is 4. The molecule has 0 amide bonds. The second kappa shape index (κ2) is 5.51. The molecule has 0 aromatic heterocycles. The van der Waals surface area contributed by atoms with Crippen LogP contribution in [0.1, 0.15) is 25.3 Å². The Balaban J connectivity index is 2.59. The van der Waals surface area contributed by atoms with E-state index in [1.165, 1.54) is 12.1 Å². The van der Waals surface area contributed by atoms with Crippen LogP contribution in [0.15, 0.2) is 24.3 Å². The summed E-state index contributed by atoms with van der Waals surface area (Å²) in [5, 5.41) is 18.1. The van der Waals surface area contributed by atoms with E-state index in [-0.39, 0.29) is 18.3 Å². The first kappa shape index (κ1) is 12.5. The Hall–Kier alpha value is -1.55. The molecule has 1 aromatic rings. The number of ether oxygens (including phenoxy) is 1. The second-order valence-electron chi connectivity index (χ2n) is 3.79. The fraction of sp³-hybridized carbons (Fsp3) is 0.417. The first-order chi connectivity index (χ1) is 7.50. The summed E-state index contributed by atoms with van der Waals surface area (Å²) in [5.41, 5.74) is 0.772. The van der Waals surface area contributed by atoms with Crippen LogP contribution in [0, 0.1) is 0 Å². The third-order valence-electron chi connectivity index (χ3n) is 2.21. The Labute approximate surface area is 94.5 Å². The van der Waals surface area contributed by atoms with E-state index in [4.69, 9.17) is 14.9 Å². The van der Waals surface area contributed by atoms with Gasteiger partial charge in [0.15, 0.2) is 0 Å². The molecule has 1 rings (SSSR count). The number of rotatable bonds is 4. The molecule has 0 aliphatic heterocycles. The smallest absolute Gasteiger partial charge is 0.313 e. The summed E-state index contributed by atoms with van der Waals surface area (Å²) in [6, 6.07) is 6.38. The molecular formula is C12H16O4. The highest BCUT2D eigenvalue weighted by molar-refractivity contribution is 5.77. The van der Waals surface area contributed by atoms with Crippen LogP contribution >= 0.6 is 0 Å². The zero-order valence-corrected chi connectivity index (χ0v) is 9.38. The van der Waals surface area contributed by atoms with E-state index < -0.39 is 12.0 Å². The molecule has 0 spiro atoms. The summed E-state index contributed by atoms with van der Waals surface area (Å²) in [6.07, 6.45) is -0.657.